The van der Waals surface area contributed by atoms with Crippen molar-refractivity contribution in [2.24, 2.45) is 11.8 Å². The van der Waals surface area contributed by atoms with Crippen LogP contribution in [0.2, 0.25) is 0 Å². The van der Waals surface area contributed by atoms with Gasteiger partial charge >= 0.3 is 0 Å². The van der Waals surface area contributed by atoms with Gasteiger partial charge in [0.15, 0.2) is 0 Å². The van der Waals surface area contributed by atoms with Crippen LogP contribution in [-0.4, -0.2) is 61.7 Å². The van der Waals surface area contributed by atoms with Gasteiger partial charge in [-0.3, -0.25) is 4.90 Å². The Bertz CT molecular complexity index is 254. The minimum absolute atomic E-state index is 0.772. The van der Waals surface area contributed by atoms with Crippen LogP contribution in [0, 0.1) is 11.8 Å². The van der Waals surface area contributed by atoms with Crippen LogP contribution in [0.1, 0.15) is 40.0 Å². The second kappa shape index (κ2) is 7.61. The molecule has 0 aliphatic carbocycles. The van der Waals surface area contributed by atoms with Crippen LogP contribution in [0.4, 0.5) is 0 Å². The van der Waals surface area contributed by atoms with Crippen LogP contribution < -0.4 is 5.32 Å². The average molecular weight is 267 g/mol. The third-order valence-corrected chi connectivity index (χ3v) is 4.73. The topological polar surface area (TPSA) is 18.5 Å². The molecule has 0 aromatic heterocycles. The summed E-state index contributed by atoms with van der Waals surface area (Å²) in [5.41, 5.74) is 0. The third kappa shape index (κ3) is 4.73. The maximum Gasteiger partial charge on any atom is 0.0223 e. The Morgan fingerprint density at radius 3 is 2.79 bits per heavy atom. The summed E-state index contributed by atoms with van der Waals surface area (Å²) in [6.07, 6.45) is 4.22. The number of hydrogen-bond acceptors (Lipinski definition) is 3. The van der Waals surface area contributed by atoms with Crippen LogP contribution in [0.3, 0.4) is 0 Å². The van der Waals surface area contributed by atoms with Gasteiger partial charge in [-0.1, -0.05) is 20.8 Å². The number of nitrogens with one attached hydrogen (secondary N) is 1. The zero-order valence-corrected chi connectivity index (χ0v) is 13.2. The van der Waals surface area contributed by atoms with Gasteiger partial charge in [0.05, 0.1) is 0 Å². The Kier molecular flexibility index (Phi) is 6.11. The highest BCUT2D eigenvalue weighted by molar-refractivity contribution is 4.85. The van der Waals surface area contributed by atoms with E-state index in [2.05, 4.69) is 35.9 Å². The highest BCUT2D eigenvalue weighted by Crippen LogP contribution is 2.21. The van der Waals surface area contributed by atoms with E-state index >= 15 is 0 Å². The van der Waals surface area contributed by atoms with Crippen LogP contribution in [0.25, 0.3) is 0 Å². The summed E-state index contributed by atoms with van der Waals surface area (Å²) in [4.78, 5) is 5.38. The molecular weight excluding hydrogens is 234 g/mol. The lowest BCUT2D eigenvalue weighted by atomic mass is 10.1. The van der Waals surface area contributed by atoms with Gasteiger partial charge in [0, 0.05) is 19.1 Å². The van der Waals surface area contributed by atoms with Crippen molar-refractivity contribution in [1.82, 2.24) is 15.1 Å². The minimum atomic E-state index is 0.772. The molecule has 19 heavy (non-hydrogen) atoms. The summed E-state index contributed by atoms with van der Waals surface area (Å²) < 4.78 is 0. The van der Waals surface area contributed by atoms with Crippen LogP contribution in [-0.2, 0) is 0 Å². The van der Waals surface area contributed by atoms with E-state index in [1.807, 2.05) is 0 Å². The summed E-state index contributed by atoms with van der Waals surface area (Å²) in [5, 5.41) is 3.62. The first-order valence-corrected chi connectivity index (χ1v) is 8.36. The van der Waals surface area contributed by atoms with Crippen molar-refractivity contribution >= 4 is 0 Å². The summed E-state index contributed by atoms with van der Waals surface area (Å²) in [7, 11) is 0. The molecule has 0 aromatic rings. The monoisotopic (exact) mass is 267 g/mol. The first kappa shape index (κ1) is 15.3. The standard InChI is InChI=1S/C16H33N3/c1-4-19-8-5-6-16(19)13-18-9-7-15(12-18)11-17-10-14(2)3/h14-17H,4-13H2,1-3H3. The lowest BCUT2D eigenvalue weighted by Crippen LogP contribution is -2.39. The van der Waals surface area contributed by atoms with E-state index in [9.17, 15) is 0 Å². The fourth-order valence-electron chi connectivity index (χ4n) is 3.64. The molecule has 112 valence electrons. The van der Waals surface area contributed by atoms with Crippen LogP contribution in [0.5, 0.6) is 0 Å². The zero-order valence-electron chi connectivity index (χ0n) is 13.2. The minimum Gasteiger partial charge on any atom is -0.316 e. The maximum atomic E-state index is 3.62. The van der Waals surface area contributed by atoms with Gasteiger partial charge in [-0.2, -0.15) is 0 Å². The molecule has 0 spiro atoms. The molecule has 2 aliphatic rings. The van der Waals surface area contributed by atoms with Gasteiger partial charge in [-0.15, -0.1) is 0 Å². The Morgan fingerprint density at radius 2 is 2.05 bits per heavy atom. The summed E-state index contributed by atoms with van der Waals surface area (Å²) in [6, 6.07) is 0.840. The summed E-state index contributed by atoms with van der Waals surface area (Å²) in [5.74, 6) is 1.66. The van der Waals surface area contributed by atoms with E-state index < -0.39 is 0 Å². The lowest BCUT2D eigenvalue weighted by Gasteiger charge is -2.27. The molecule has 0 radical (unpaired) electrons. The molecule has 2 rings (SSSR count). The van der Waals surface area contributed by atoms with Gasteiger partial charge in [0.1, 0.15) is 0 Å². The van der Waals surface area contributed by atoms with Gasteiger partial charge in [0.2, 0.25) is 0 Å². The number of likely N-dealkylation sites (tertiary alicyclic amines) is 2. The first-order chi connectivity index (χ1) is 9.19. The van der Waals surface area contributed by atoms with Crippen molar-refractivity contribution in [2.75, 3.05) is 45.8 Å². The number of likely N-dealkylation sites (N-methyl/N-ethyl adjacent to an activating group) is 1. The largest absolute Gasteiger partial charge is 0.316 e. The van der Waals surface area contributed by atoms with E-state index in [1.54, 1.807) is 0 Å². The van der Waals surface area contributed by atoms with E-state index in [1.165, 1.54) is 65.1 Å². The fraction of sp³-hybridized carbons (Fsp3) is 1.00. The molecule has 0 saturated carbocycles. The lowest BCUT2D eigenvalue weighted by molar-refractivity contribution is 0.194. The van der Waals surface area contributed by atoms with E-state index in [0.29, 0.717) is 0 Å². The van der Waals surface area contributed by atoms with Crippen molar-refractivity contribution in [3.63, 3.8) is 0 Å². The van der Waals surface area contributed by atoms with Crippen molar-refractivity contribution < 1.29 is 0 Å². The first-order valence-electron chi connectivity index (χ1n) is 8.36. The Morgan fingerprint density at radius 1 is 1.21 bits per heavy atom. The van der Waals surface area contributed by atoms with Crippen LogP contribution in [0.15, 0.2) is 0 Å². The Hall–Kier alpha value is -0.120. The van der Waals surface area contributed by atoms with Crippen LogP contribution >= 0.6 is 0 Å². The molecule has 2 heterocycles. The molecule has 2 atom stereocenters. The molecule has 0 bridgehead atoms. The van der Waals surface area contributed by atoms with Crippen molar-refractivity contribution in [2.45, 2.75) is 46.1 Å². The van der Waals surface area contributed by atoms with Crippen molar-refractivity contribution in [3.05, 3.63) is 0 Å². The highest BCUT2D eigenvalue weighted by atomic mass is 15.2. The molecule has 0 aromatic carbocycles. The second-order valence-electron chi connectivity index (χ2n) is 6.89. The van der Waals surface area contributed by atoms with Gasteiger partial charge in [0.25, 0.3) is 0 Å². The Balaban J connectivity index is 1.64. The predicted octanol–water partition coefficient (Wildman–Crippen LogP) is 2.04. The Labute approximate surface area is 119 Å². The molecule has 1 N–H and O–H groups in total. The maximum absolute atomic E-state index is 3.62. The van der Waals surface area contributed by atoms with Crippen molar-refractivity contribution in [3.8, 4) is 0 Å². The average Bonchev–Trinajstić information content (AvgIpc) is 2.98. The van der Waals surface area contributed by atoms with E-state index in [-0.39, 0.29) is 0 Å². The fourth-order valence-corrected chi connectivity index (χ4v) is 3.64. The third-order valence-electron chi connectivity index (χ3n) is 4.73. The highest BCUT2D eigenvalue weighted by Gasteiger charge is 2.28. The molecule has 0 amide bonds. The molecule has 2 saturated heterocycles. The van der Waals surface area contributed by atoms with E-state index in [4.69, 9.17) is 0 Å². The van der Waals surface area contributed by atoms with Gasteiger partial charge < -0.3 is 10.2 Å². The second-order valence-corrected chi connectivity index (χ2v) is 6.89. The summed E-state index contributed by atoms with van der Waals surface area (Å²) in [6.45, 7) is 15.8. The van der Waals surface area contributed by atoms with Gasteiger partial charge in [-0.25, -0.2) is 0 Å². The van der Waals surface area contributed by atoms with Crippen molar-refractivity contribution in [1.29, 1.82) is 0 Å². The smallest absolute Gasteiger partial charge is 0.0223 e. The normalized spacial score (nSPS) is 29.7. The number of hydrogen-bond donors (Lipinski definition) is 1. The molecule has 3 heteroatoms. The molecular formula is C16H33N3. The molecule has 2 fully saturated rings. The van der Waals surface area contributed by atoms with Gasteiger partial charge in [-0.05, 0) is 63.8 Å². The van der Waals surface area contributed by atoms with E-state index in [0.717, 1.165) is 17.9 Å². The number of rotatable bonds is 7. The number of nitrogens with zero attached hydrogens (tertiary/aromatic N) is 2. The molecule has 2 unspecified atom stereocenters. The molecule has 3 nitrogen and oxygen atoms in total. The molecule has 2 aliphatic heterocycles. The quantitative estimate of drug-likeness (QED) is 0.761. The SMILES string of the molecule is CCN1CCCC1CN1CCC(CNCC(C)C)C1. The predicted molar refractivity (Wildman–Crippen MR) is 82.5 cm³/mol. The summed E-state index contributed by atoms with van der Waals surface area (Å²) >= 11 is 0. The zero-order chi connectivity index (χ0) is 13.7.